The summed E-state index contributed by atoms with van der Waals surface area (Å²) in [7, 11) is 2.88. The monoisotopic (exact) mass is 492 g/mol. The van der Waals surface area contributed by atoms with Gasteiger partial charge in [0.05, 0.1) is 31.5 Å². The topological polar surface area (TPSA) is 103 Å². The normalized spacial score (nSPS) is 11.9. The van der Waals surface area contributed by atoms with Crippen LogP contribution in [0.25, 0.3) is 10.8 Å². The first-order valence-electron chi connectivity index (χ1n) is 11.6. The molecule has 2 amide bonds. The number of ether oxygens (including phenoxy) is 3. The molecule has 8 nitrogen and oxygen atoms in total. The van der Waals surface area contributed by atoms with Gasteiger partial charge in [0, 0.05) is 17.5 Å². The maximum atomic E-state index is 12.9. The minimum absolute atomic E-state index is 0.0418. The third kappa shape index (κ3) is 6.13. The van der Waals surface area contributed by atoms with Crippen LogP contribution in [0.3, 0.4) is 0 Å². The molecular weight excluding hydrogens is 460 g/mol. The fourth-order valence-electron chi connectivity index (χ4n) is 3.66. The molecule has 0 fully saturated rings. The molecule has 36 heavy (non-hydrogen) atoms. The number of methoxy groups -OCH3 is 2. The number of rotatable bonds is 8. The van der Waals surface area contributed by atoms with E-state index in [1.165, 1.54) is 26.4 Å². The van der Waals surface area contributed by atoms with Crippen LogP contribution in [0.2, 0.25) is 0 Å². The highest BCUT2D eigenvalue weighted by Crippen LogP contribution is 2.34. The molecule has 190 valence electrons. The Bertz CT molecular complexity index is 1270. The van der Waals surface area contributed by atoms with E-state index in [1.54, 1.807) is 20.8 Å². The summed E-state index contributed by atoms with van der Waals surface area (Å²) in [4.78, 5) is 38.1. The molecule has 1 atom stereocenters. The van der Waals surface area contributed by atoms with Crippen molar-refractivity contribution in [1.29, 1.82) is 0 Å². The van der Waals surface area contributed by atoms with Crippen molar-refractivity contribution in [2.24, 2.45) is 5.41 Å². The summed E-state index contributed by atoms with van der Waals surface area (Å²) in [5.74, 6) is -0.921. The molecule has 0 aromatic heterocycles. The Labute approximate surface area is 210 Å². The fraction of sp³-hybridized carbons (Fsp3) is 0.321. The van der Waals surface area contributed by atoms with E-state index in [0.29, 0.717) is 5.75 Å². The van der Waals surface area contributed by atoms with Crippen molar-refractivity contribution in [3.63, 3.8) is 0 Å². The van der Waals surface area contributed by atoms with E-state index in [0.717, 1.165) is 16.3 Å². The van der Waals surface area contributed by atoms with Crippen LogP contribution in [0.15, 0.2) is 54.6 Å². The van der Waals surface area contributed by atoms with Crippen LogP contribution in [0, 0.1) is 5.41 Å². The van der Waals surface area contributed by atoms with Crippen LogP contribution in [0.4, 0.5) is 5.69 Å². The van der Waals surface area contributed by atoms with E-state index in [4.69, 9.17) is 14.2 Å². The Morgan fingerprint density at radius 1 is 0.917 bits per heavy atom. The molecule has 3 aromatic rings. The number of amides is 2. The van der Waals surface area contributed by atoms with Gasteiger partial charge in [-0.2, -0.15) is 0 Å². The van der Waals surface area contributed by atoms with Gasteiger partial charge in [-0.25, -0.2) is 4.79 Å². The van der Waals surface area contributed by atoms with Gasteiger partial charge in [-0.1, -0.05) is 63.2 Å². The number of hydrogen-bond donors (Lipinski definition) is 2. The fourth-order valence-corrected chi connectivity index (χ4v) is 3.66. The largest absolute Gasteiger partial charge is 0.493 e. The first-order chi connectivity index (χ1) is 17.0. The van der Waals surface area contributed by atoms with Crippen molar-refractivity contribution < 1.29 is 28.6 Å². The molecule has 0 aliphatic heterocycles. The van der Waals surface area contributed by atoms with Gasteiger partial charge in [0.2, 0.25) is 5.91 Å². The first kappa shape index (κ1) is 26.5. The molecule has 8 heteroatoms. The second-order valence-corrected chi connectivity index (χ2v) is 9.39. The van der Waals surface area contributed by atoms with Crippen molar-refractivity contribution in [1.82, 2.24) is 5.32 Å². The molecule has 3 rings (SSSR count). The lowest BCUT2D eigenvalue weighted by atomic mass is 9.95. The smallest absolute Gasteiger partial charge is 0.340 e. The molecule has 2 N–H and O–H groups in total. The Hall–Kier alpha value is -4.07. The molecular formula is C28H32N2O6. The van der Waals surface area contributed by atoms with Crippen molar-refractivity contribution in [2.75, 3.05) is 26.1 Å². The number of fused-ring (bicyclic) bond motifs is 1. The summed E-state index contributed by atoms with van der Waals surface area (Å²) >= 11 is 0. The van der Waals surface area contributed by atoms with Gasteiger partial charge in [0.25, 0.3) is 5.91 Å². The lowest BCUT2D eigenvalue weighted by Crippen LogP contribution is -2.31. The van der Waals surface area contributed by atoms with Crippen LogP contribution in [-0.2, 0) is 14.3 Å². The van der Waals surface area contributed by atoms with Crippen molar-refractivity contribution in [3.05, 3.63) is 65.7 Å². The molecule has 3 aromatic carbocycles. The van der Waals surface area contributed by atoms with Crippen LogP contribution < -0.4 is 20.1 Å². The summed E-state index contributed by atoms with van der Waals surface area (Å²) in [6, 6.07) is 16.4. The minimum atomic E-state index is -0.784. The van der Waals surface area contributed by atoms with Gasteiger partial charge in [0.1, 0.15) is 0 Å². The predicted molar refractivity (Wildman–Crippen MR) is 138 cm³/mol. The summed E-state index contributed by atoms with van der Waals surface area (Å²) in [5.41, 5.74) is 0.494. The van der Waals surface area contributed by atoms with E-state index in [-0.39, 0.29) is 28.9 Å². The highest BCUT2D eigenvalue weighted by Gasteiger charge is 2.26. The van der Waals surface area contributed by atoms with Crippen molar-refractivity contribution >= 4 is 34.2 Å². The number of nitrogens with one attached hydrogen (secondary N) is 2. The van der Waals surface area contributed by atoms with Crippen LogP contribution in [-0.4, -0.2) is 38.6 Å². The Kier molecular flexibility index (Phi) is 8.19. The molecule has 0 bridgehead atoms. The second-order valence-electron chi connectivity index (χ2n) is 9.39. The van der Waals surface area contributed by atoms with Gasteiger partial charge < -0.3 is 24.8 Å². The maximum absolute atomic E-state index is 12.9. The first-order valence-corrected chi connectivity index (χ1v) is 11.6. The van der Waals surface area contributed by atoms with Crippen LogP contribution >= 0.6 is 0 Å². The average molecular weight is 493 g/mol. The van der Waals surface area contributed by atoms with E-state index >= 15 is 0 Å². The van der Waals surface area contributed by atoms with Gasteiger partial charge in [0.15, 0.2) is 18.1 Å². The average Bonchev–Trinajstić information content (AvgIpc) is 2.85. The summed E-state index contributed by atoms with van der Waals surface area (Å²) in [5, 5.41) is 7.72. The lowest BCUT2D eigenvalue weighted by molar-refractivity contribution is -0.125. The number of carbonyl (C=O) groups is 3. The minimum Gasteiger partial charge on any atom is -0.493 e. The maximum Gasteiger partial charge on any atom is 0.340 e. The molecule has 0 radical (unpaired) electrons. The zero-order chi connectivity index (χ0) is 26.5. The van der Waals surface area contributed by atoms with Gasteiger partial charge in [-0.15, -0.1) is 0 Å². The van der Waals surface area contributed by atoms with Gasteiger partial charge in [-0.3, -0.25) is 9.59 Å². The third-order valence-corrected chi connectivity index (χ3v) is 5.67. The van der Waals surface area contributed by atoms with E-state index in [1.807, 2.05) is 49.4 Å². The lowest BCUT2D eigenvalue weighted by Gasteiger charge is -2.20. The number of carbonyl (C=O) groups excluding carboxylic acids is 3. The molecule has 0 heterocycles. The van der Waals surface area contributed by atoms with Crippen molar-refractivity contribution in [3.8, 4) is 11.5 Å². The zero-order valence-electron chi connectivity index (χ0n) is 21.4. The summed E-state index contributed by atoms with van der Waals surface area (Å²) in [6.45, 7) is 6.64. The van der Waals surface area contributed by atoms with E-state index in [2.05, 4.69) is 10.6 Å². The molecule has 1 unspecified atom stereocenters. The summed E-state index contributed by atoms with van der Waals surface area (Å²) < 4.78 is 15.9. The standard InChI is InChI=1S/C28H32N2O6/c1-17(19-13-9-11-18-10-7-8-12-20(18)19)29-25(31)16-36-26(32)21-14-23(34-5)24(35-6)15-22(21)30-27(33)28(2,3)4/h7-15,17H,16H2,1-6H3,(H,29,31)(H,30,33). The van der Waals surface area contributed by atoms with E-state index < -0.39 is 23.9 Å². The Morgan fingerprint density at radius 2 is 1.56 bits per heavy atom. The summed E-state index contributed by atoms with van der Waals surface area (Å²) in [6.07, 6.45) is 0. The highest BCUT2D eigenvalue weighted by molar-refractivity contribution is 6.04. The highest BCUT2D eigenvalue weighted by atomic mass is 16.5. The molecule has 0 aliphatic rings. The molecule has 0 spiro atoms. The molecule has 0 saturated heterocycles. The van der Waals surface area contributed by atoms with Gasteiger partial charge >= 0.3 is 5.97 Å². The van der Waals surface area contributed by atoms with Crippen molar-refractivity contribution in [2.45, 2.75) is 33.7 Å². The second kappa shape index (κ2) is 11.1. The molecule has 0 saturated carbocycles. The Balaban J connectivity index is 1.74. The number of hydrogen-bond acceptors (Lipinski definition) is 6. The Morgan fingerprint density at radius 3 is 2.22 bits per heavy atom. The number of esters is 1. The van der Waals surface area contributed by atoms with Gasteiger partial charge in [-0.05, 0) is 23.3 Å². The quantitative estimate of drug-likeness (QED) is 0.435. The van der Waals surface area contributed by atoms with Crippen LogP contribution in [0.5, 0.6) is 11.5 Å². The molecule has 0 aliphatic carbocycles. The number of benzene rings is 3. The zero-order valence-corrected chi connectivity index (χ0v) is 21.4. The van der Waals surface area contributed by atoms with E-state index in [9.17, 15) is 14.4 Å². The third-order valence-electron chi connectivity index (χ3n) is 5.67. The predicted octanol–water partition coefficient (Wildman–Crippen LogP) is 4.88. The van der Waals surface area contributed by atoms with Crippen LogP contribution in [0.1, 0.15) is 49.7 Å². The SMILES string of the molecule is COc1cc(NC(=O)C(C)(C)C)c(C(=O)OCC(=O)NC(C)c2cccc3ccccc23)cc1OC. The number of anilines is 1.